The van der Waals surface area contributed by atoms with Crippen molar-refractivity contribution in [3.05, 3.63) is 106 Å². The Morgan fingerprint density at radius 2 is 1.45 bits per heavy atom. The average Bonchev–Trinajstić information content (AvgIpc) is 3.43. The first-order valence-corrected chi connectivity index (χ1v) is 12.2. The Labute approximate surface area is 232 Å². The summed E-state index contributed by atoms with van der Waals surface area (Å²) < 4.78 is 11.0. The number of hydrogen-bond donors (Lipinski definition) is 3. The highest BCUT2D eigenvalue weighted by molar-refractivity contribution is 6.30. The molecule has 5 rings (SSSR count). The molecule has 13 heteroatoms. The van der Waals surface area contributed by atoms with Gasteiger partial charge in [0, 0.05) is 34.1 Å². The van der Waals surface area contributed by atoms with E-state index in [1.54, 1.807) is 49.6 Å². The molecule has 0 saturated carbocycles. The fourth-order valence-electron chi connectivity index (χ4n) is 3.48. The molecular formula is C27H21ClN8O4. The monoisotopic (exact) mass is 556 g/mol. The minimum atomic E-state index is -0.471. The van der Waals surface area contributed by atoms with Crippen molar-refractivity contribution in [3.63, 3.8) is 0 Å². The lowest BCUT2D eigenvalue weighted by Crippen LogP contribution is -2.07. The van der Waals surface area contributed by atoms with Crippen LogP contribution in [-0.2, 0) is 0 Å². The fraction of sp³-hybridized carbons (Fsp3) is 0.0370. The van der Waals surface area contributed by atoms with E-state index in [1.807, 2.05) is 30.3 Å². The van der Waals surface area contributed by atoms with Crippen molar-refractivity contribution >= 4 is 52.7 Å². The molecule has 2 heterocycles. The molecule has 40 heavy (non-hydrogen) atoms. The number of anilines is 5. The number of methoxy groups -OCH3 is 1. The van der Waals surface area contributed by atoms with Crippen LogP contribution in [0.4, 0.5) is 34.9 Å². The number of halogens is 1. The Morgan fingerprint density at radius 1 is 0.850 bits per heavy atom. The van der Waals surface area contributed by atoms with Gasteiger partial charge >= 0.3 is 0 Å². The minimum absolute atomic E-state index is 0.0307. The van der Waals surface area contributed by atoms with Gasteiger partial charge in [0.25, 0.3) is 5.69 Å². The van der Waals surface area contributed by atoms with Crippen molar-refractivity contribution in [1.29, 1.82) is 0 Å². The molecule has 0 aliphatic carbocycles. The summed E-state index contributed by atoms with van der Waals surface area (Å²) in [6.07, 6.45) is 1.49. The smallest absolute Gasteiger partial charge is 0.269 e. The van der Waals surface area contributed by atoms with E-state index in [1.165, 1.54) is 18.3 Å². The molecule has 3 N–H and O–H groups in total. The van der Waals surface area contributed by atoms with E-state index in [0.717, 1.165) is 5.56 Å². The number of benzene rings is 3. The van der Waals surface area contributed by atoms with E-state index >= 15 is 0 Å². The third-order valence-electron chi connectivity index (χ3n) is 5.43. The van der Waals surface area contributed by atoms with Crippen LogP contribution in [0.1, 0.15) is 5.76 Å². The molecular weight excluding hydrogens is 536 g/mol. The molecule has 2 aromatic heterocycles. The number of furan rings is 1. The second-order valence-corrected chi connectivity index (χ2v) is 8.60. The number of hydrazone groups is 1. The standard InChI is InChI=1S/C27H21ClN8O4/c1-39-22-12-8-20(9-13-22)31-26-32-25(30-19-6-10-21(11-7-19)36(37)38)33-27(34-26)35-29-16-23-14-15-24(40-23)17-2-4-18(28)5-3-17/h2-16H,1H3,(H3,30,31,32,33,34,35)/b29-16+. The van der Waals surface area contributed by atoms with Crippen molar-refractivity contribution in [3.8, 4) is 17.1 Å². The van der Waals surface area contributed by atoms with Crippen molar-refractivity contribution in [2.75, 3.05) is 23.2 Å². The summed E-state index contributed by atoms with van der Waals surface area (Å²) in [6.45, 7) is 0. The van der Waals surface area contributed by atoms with Crippen LogP contribution in [-0.4, -0.2) is 33.2 Å². The molecule has 0 saturated heterocycles. The lowest BCUT2D eigenvalue weighted by atomic mass is 10.2. The van der Waals surface area contributed by atoms with Crippen LogP contribution >= 0.6 is 11.6 Å². The van der Waals surface area contributed by atoms with Gasteiger partial charge in [0.15, 0.2) is 0 Å². The fourth-order valence-corrected chi connectivity index (χ4v) is 3.61. The molecule has 0 unspecified atom stereocenters. The predicted molar refractivity (Wildman–Crippen MR) is 153 cm³/mol. The number of rotatable bonds is 10. The van der Waals surface area contributed by atoms with Gasteiger partial charge in [-0.1, -0.05) is 11.6 Å². The average molecular weight is 557 g/mol. The molecule has 5 aromatic rings. The second kappa shape index (κ2) is 11.9. The normalized spacial score (nSPS) is 10.8. The molecule has 0 amide bonds. The quantitative estimate of drug-likeness (QED) is 0.0969. The Morgan fingerprint density at radius 3 is 2.05 bits per heavy atom. The maximum Gasteiger partial charge on any atom is 0.269 e. The van der Waals surface area contributed by atoms with Gasteiger partial charge in [0.1, 0.15) is 17.3 Å². The van der Waals surface area contributed by atoms with E-state index < -0.39 is 4.92 Å². The molecule has 0 fully saturated rings. The molecule has 0 spiro atoms. The topological polar surface area (TPSA) is 153 Å². The summed E-state index contributed by atoms with van der Waals surface area (Å²) in [5.41, 5.74) is 4.90. The molecule has 12 nitrogen and oxygen atoms in total. The zero-order valence-electron chi connectivity index (χ0n) is 20.9. The molecule has 0 bridgehead atoms. The first kappa shape index (κ1) is 26.1. The minimum Gasteiger partial charge on any atom is -0.497 e. The number of hydrogen-bond acceptors (Lipinski definition) is 11. The highest BCUT2D eigenvalue weighted by atomic mass is 35.5. The summed E-state index contributed by atoms with van der Waals surface area (Å²) in [5.74, 6) is 2.42. The largest absolute Gasteiger partial charge is 0.497 e. The van der Waals surface area contributed by atoms with E-state index in [0.29, 0.717) is 33.7 Å². The van der Waals surface area contributed by atoms with E-state index in [9.17, 15) is 10.1 Å². The van der Waals surface area contributed by atoms with Crippen molar-refractivity contribution < 1.29 is 14.1 Å². The molecule has 0 atom stereocenters. The molecule has 3 aromatic carbocycles. The number of ether oxygens (including phenoxy) is 1. The van der Waals surface area contributed by atoms with Crippen molar-refractivity contribution in [2.45, 2.75) is 0 Å². The summed E-state index contributed by atoms with van der Waals surface area (Å²) in [7, 11) is 1.59. The SMILES string of the molecule is COc1ccc(Nc2nc(N/N=C/c3ccc(-c4ccc(Cl)cc4)o3)nc(Nc3ccc([N+](=O)[O-])cc3)n2)cc1. The Bertz CT molecular complexity index is 1640. The van der Waals surface area contributed by atoms with Crippen molar-refractivity contribution in [1.82, 2.24) is 15.0 Å². The van der Waals surface area contributed by atoms with Gasteiger partial charge in [-0.2, -0.15) is 20.1 Å². The number of aromatic nitrogens is 3. The molecule has 200 valence electrons. The maximum absolute atomic E-state index is 11.0. The number of nitro groups is 1. The zero-order valence-corrected chi connectivity index (χ0v) is 21.7. The second-order valence-electron chi connectivity index (χ2n) is 8.17. The number of nitrogens with zero attached hydrogens (tertiary/aromatic N) is 5. The summed E-state index contributed by atoms with van der Waals surface area (Å²) in [5, 5.41) is 21.9. The number of non-ortho nitro benzene ring substituents is 1. The van der Waals surface area contributed by atoms with E-state index in [2.05, 4.69) is 36.1 Å². The number of nitro benzene ring substituents is 1. The lowest BCUT2D eigenvalue weighted by molar-refractivity contribution is -0.384. The Kier molecular flexibility index (Phi) is 7.79. The summed E-state index contributed by atoms with van der Waals surface area (Å²) in [4.78, 5) is 23.6. The highest BCUT2D eigenvalue weighted by Crippen LogP contribution is 2.24. The van der Waals surface area contributed by atoms with Gasteiger partial charge in [-0.25, -0.2) is 5.43 Å². The molecule has 0 aliphatic heterocycles. The summed E-state index contributed by atoms with van der Waals surface area (Å²) in [6, 6.07) is 24.0. The van der Waals surface area contributed by atoms with Crippen LogP contribution < -0.4 is 20.8 Å². The predicted octanol–water partition coefficient (Wildman–Crippen LogP) is 6.64. The first-order chi connectivity index (χ1) is 19.4. The molecule has 0 radical (unpaired) electrons. The van der Waals surface area contributed by atoms with E-state index in [4.69, 9.17) is 20.8 Å². The Hall–Kier alpha value is -5.49. The zero-order chi connectivity index (χ0) is 27.9. The van der Waals surface area contributed by atoms with Gasteiger partial charge in [-0.05, 0) is 72.8 Å². The lowest BCUT2D eigenvalue weighted by Gasteiger charge is -2.10. The van der Waals surface area contributed by atoms with E-state index in [-0.39, 0.29) is 23.5 Å². The van der Waals surface area contributed by atoms with Crippen LogP contribution in [0.2, 0.25) is 5.02 Å². The Balaban J connectivity index is 1.35. The van der Waals surface area contributed by atoms with Crippen LogP contribution in [0.25, 0.3) is 11.3 Å². The van der Waals surface area contributed by atoms with Gasteiger partial charge in [0.2, 0.25) is 17.8 Å². The van der Waals surface area contributed by atoms with Gasteiger partial charge < -0.3 is 19.8 Å². The van der Waals surface area contributed by atoms with Crippen LogP contribution in [0.3, 0.4) is 0 Å². The third kappa shape index (κ3) is 6.68. The van der Waals surface area contributed by atoms with Crippen LogP contribution in [0, 0.1) is 10.1 Å². The molecule has 0 aliphatic rings. The number of nitrogens with one attached hydrogen (secondary N) is 3. The van der Waals surface area contributed by atoms with Crippen LogP contribution in [0.5, 0.6) is 5.75 Å². The van der Waals surface area contributed by atoms with Crippen molar-refractivity contribution in [2.24, 2.45) is 5.10 Å². The van der Waals surface area contributed by atoms with Gasteiger partial charge in [0.05, 0.1) is 18.2 Å². The third-order valence-corrected chi connectivity index (χ3v) is 5.68. The van der Waals surface area contributed by atoms with Gasteiger partial charge in [-0.15, -0.1) is 0 Å². The van der Waals surface area contributed by atoms with Gasteiger partial charge in [-0.3, -0.25) is 10.1 Å². The highest BCUT2D eigenvalue weighted by Gasteiger charge is 2.10. The summed E-state index contributed by atoms with van der Waals surface area (Å²) >= 11 is 5.96. The van der Waals surface area contributed by atoms with Crippen LogP contribution in [0.15, 0.2) is 94.4 Å². The maximum atomic E-state index is 11.0. The first-order valence-electron chi connectivity index (χ1n) is 11.8.